The van der Waals surface area contributed by atoms with E-state index in [2.05, 4.69) is 4.72 Å². The van der Waals surface area contributed by atoms with Crippen molar-refractivity contribution in [3.63, 3.8) is 0 Å². The van der Waals surface area contributed by atoms with E-state index in [0.29, 0.717) is 0 Å². The Labute approximate surface area is 114 Å². The van der Waals surface area contributed by atoms with E-state index in [1.165, 1.54) is 0 Å². The van der Waals surface area contributed by atoms with Crippen LogP contribution in [0.3, 0.4) is 0 Å². The van der Waals surface area contributed by atoms with Crippen molar-refractivity contribution in [2.24, 2.45) is 0 Å². The van der Waals surface area contributed by atoms with Gasteiger partial charge in [0.05, 0.1) is 5.75 Å². The maximum atomic E-state index is 11.5. The van der Waals surface area contributed by atoms with Crippen LogP contribution in [0.15, 0.2) is 48.8 Å². The number of nitrogens with zero attached hydrogens (tertiary/aromatic N) is 1. The topological polar surface area (TPSA) is 51.1 Å². The largest absolute Gasteiger partial charge is 0.324 e. The van der Waals surface area contributed by atoms with Gasteiger partial charge in [0.25, 0.3) is 0 Å². The van der Waals surface area contributed by atoms with E-state index in [4.69, 9.17) is 0 Å². The summed E-state index contributed by atoms with van der Waals surface area (Å²) in [5.41, 5.74) is 2.01. The standard InChI is InChI=1S/C14H18N2O2S/c1-3-19(17,18)15-12(2)13-6-8-14(9-7-13)16-10-4-5-11-16/h4-12,15H,3H2,1-2H3/t12-/m1/s1. The van der Waals surface area contributed by atoms with Gasteiger partial charge in [0.2, 0.25) is 10.0 Å². The highest BCUT2D eigenvalue weighted by Crippen LogP contribution is 2.16. The maximum Gasteiger partial charge on any atom is 0.211 e. The van der Waals surface area contributed by atoms with Crippen LogP contribution in [-0.4, -0.2) is 18.7 Å². The minimum Gasteiger partial charge on any atom is -0.324 e. The third-order valence-corrected chi connectivity index (χ3v) is 4.50. The molecule has 0 aliphatic heterocycles. The van der Waals surface area contributed by atoms with Crippen molar-refractivity contribution >= 4 is 10.0 Å². The van der Waals surface area contributed by atoms with Crippen LogP contribution in [0.4, 0.5) is 0 Å². The lowest BCUT2D eigenvalue weighted by Crippen LogP contribution is -2.28. The van der Waals surface area contributed by atoms with Gasteiger partial charge in [-0.05, 0) is 43.7 Å². The molecular formula is C14H18N2O2S. The van der Waals surface area contributed by atoms with Crippen molar-refractivity contribution in [2.75, 3.05) is 5.75 Å². The van der Waals surface area contributed by atoms with Crippen molar-refractivity contribution in [1.82, 2.24) is 9.29 Å². The molecule has 5 heteroatoms. The second kappa shape index (κ2) is 5.59. The van der Waals surface area contributed by atoms with Crippen molar-refractivity contribution in [3.8, 4) is 5.69 Å². The molecule has 4 nitrogen and oxygen atoms in total. The van der Waals surface area contributed by atoms with Gasteiger partial charge in [-0.3, -0.25) is 0 Å². The van der Waals surface area contributed by atoms with Crippen LogP contribution in [-0.2, 0) is 10.0 Å². The second-order valence-corrected chi connectivity index (χ2v) is 6.47. The highest BCUT2D eigenvalue weighted by Gasteiger charge is 2.13. The Kier molecular flexibility index (Phi) is 4.07. The molecule has 0 saturated heterocycles. The van der Waals surface area contributed by atoms with E-state index in [1.807, 2.05) is 60.3 Å². The predicted octanol–water partition coefficient (Wildman–Crippen LogP) is 2.48. The van der Waals surface area contributed by atoms with Crippen LogP contribution in [0.25, 0.3) is 5.69 Å². The monoisotopic (exact) mass is 278 g/mol. The molecule has 0 radical (unpaired) electrons. The summed E-state index contributed by atoms with van der Waals surface area (Å²) in [6.07, 6.45) is 3.94. The Bertz CT molecular complexity index is 616. The molecule has 0 unspecified atom stereocenters. The van der Waals surface area contributed by atoms with Crippen LogP contribution in [0.1, 0.15) is 25.5 Å². The lowest BCUT2D eigenvalue weighted by molar-refractivity contribution is 0.568. The molecule has 1 aromatic carbocycles. The molecule has 102 valence electrons. The summed E-state index contributed by atoms with van der Waals surface area (Å²) in [6, 6.07) is 11.6. The lowest BCUT2D eigenvalue weighted by atomic mass is 10.1. The highest BCUT2D eigenvalue weighted by atomic mass is 32.2. The Morgan fingerprint density at radius 3 is 2.26 bits per heavy atom. The fraction of sp³-hybridized carbons (Fsp3) is 0.286. The molecule has 2 aromatic rings. The quantitative estimate of drug-likeness (QED) is 0.913. The van der Waals surface area contributed by atoms with Gasteiger partial charge in [-0.15, -0.1) is 0 Å². The van der Waals surface area contributed by atoms with Gasteiger partial charge in [-0.2, -0.15) is 0 Å². The molecule has 0 bridgehead atoms. The average Bonchev–Trinajstić information content (AvgIpc) is 2.92. The predicted molar refractivity (Wildman–Crippen MR) is 76.8 cm³/mol. The number of benzene rings is 1. The molecule has 0 amide bonds. The van der Waals surface area contributed by atoms with Crippen molar-refractivity contribution in [2.45, 2.75) is 19.9 Å². The molecule has 0 spiro atoms. The van der Waals surface area contributed by atoms with E-state index < -0.39 is 10.0 Å². The normalized spacial score (nSPS) is 13.4. The van der Waals surface area contributed by atoms with E-state index in [9.17, 15) is 8.42 Å². The average molecular weight is 278 g/mol. The van der Waals surface area contributed by atoms with E-state index >= 15 is 0 Å². The summed E-state index contributed by atoms with van der Waals surface area (Å²) < 4.78 is 27.7. The fourth-order valence-electron chi connectivity index (χ4n) is 1.86. The first-order valence-electron chi connectivity index (χ1n) is 6.25. The number of rotatable bonds is 5. The Balaban J connectivity index is 2.14. The van der Waals surface area contributed by atoms with E-state index in [1.54, 1.807) is 6.92 Å². The first-order chi connectivity index (χ1) is 9.02. The number of hydrogen-bond donors (Lipinski definition) is 1. The molecule has 0 aliphatic carbocycles. The van der Waals surface area contributed by atoms with Crippen molar-refractivity contribution in [3.05, 3.63) is 54.4 Å². The summed E-state index contributed by atoms with van der Waals surface area (Å²) in [5, 5.41) is 0. The summed E-state index contributed by atoms with van der Waals surface area (Å²) in [4.78, 5) is 0. The molecule has 1 atom stereocenters. The summed E-state index contributed by atoms with van der Waals surface area (Å²) >= 11 is 0. The second-order valence-electron chi connectivity index (χ2n) is 4.42. The minimum absolute atomic E-state index is 0.0960. The van der Waals surface area contributed by atoms with Gasteiger partial charge in [0.1, 0.15) is 0 Å². The Morgan fingerprint density at radius 1 is 1.16 bits per heavy atom. The van der Waals surface area contributed by atoms with E-state index in [0.717, 1.165) is 11.3 Å². The number of aromatic nitrogens is 1. The summed E-state index contributed by atoms with van der Waals surface area (Å²) in [5.74, 6) is 0.0960. The minimum atomic E-state index is -3.18. The molecule has 2 rings (SSSR count). The molecule has 1 aromatic heterocycles. The molecule has 1 heterocycles. The molecule has 0 aliphatic rings. The summed E-state index contributed by atoms with van der Waals surface area (Å²) in [7, 11) is -3.18. The van der Waals surface area contributed by atoms with Gasteiger partial charge < -0.3 is 4.57 Å². The van der Waals surface area contributed by atoms with Crippen LogP contribution >= 0.6 is 0 Å². The van der Waals surface area contributed by atoms with Crippen LogP contribution in [0.5, 0.6) is 0 Å². The summed E-state index contributed by atoms with van der Waals surface area (Å²) in [6.45, 7) is 3.47. The SMILES string of the molecule is CCS(=O)(=O)N[C@H](C)c1ccc(-n2cccc2)cc1. The zero-order valence-electron chi connectivity index (χ0n) is 11.1. The molecule has 0 fully saturated rings. The van der Waals surface area contributed by atoms with Gasteiger partial charge in [-0.1, -0.05) is 12.1 Å². The molecular weight excluding hydrogens is 260 g/mol. The zero-order chi connectivity index (χ0) is 13.9. The van der Waals surface area contributed by atoms with E-state index in [-0.39, 0.29) is 11.8 Å². The Morgan fingerprint density at radius 2 is 1.74 bits per heavy atom. The van der Waals surface area contributed by atoms with Crippen LogP contribution in [0.2, 0.25) is 0 Å². The Hall–Kier alpha value is -1.59. The molecule has 1 N–H and O–H groups in total. The van der Waals surface area contributed by atoms with Crippen molar-refractivity contribution in [1.29, 1.82) is 0 Å². The lowest BCUT2D eigenvalue weighted by Gasteiger charge is -2.14. The van der Waals surface area contributed by atoms with Gasteiger partial charge in [-0.25, -0.2) is 13.1 Å². The maximum absolute atomic E-state index is 11.5. The number of sulfonamides is 1. The van der Waals surface area contributed by atoms with Crippen LogP contribution < -0.4 is 4.72 Å². The van der Waals surface area contributed by atoms with Crippen molar-refractivity contribution < 1.29 is 8.42 Å². The third kappa shape index (κ3) is 3.45. The zero-order valence-corrected chi connectivity index (χ0v) is 11.9. The first kappa shape index (κ1) is 13.8. The number of hydrogen-bond acceptors (Lipinski definition) is 2. The fourth-order valence-corrected chi connectivity index (χ4v) is 2.70. The highest BCUT2D eigenvalue weighted by molar-refractivity contribution is 7.89. The van der Waals surface area contributed by atoms with Gasteiger partial charge >= 0.3 is 0 Å². The van der Waals surface area contributed by atoms with Gasteiger partial charge in [0, 0.05) is 24.1 Å². The molecule has 19 heavy (non-hydrogen) atoms. The first-order valence-corrected chi connectivity index (χ1v) is 7.90. The third-order valence-electron chi connectivity index (χ3n) is 3.03. The number of nitrogens with one attached hydrogen (secondary N) is 1. The van der Waals surface area contributed by atoms with Gasteiger partial charge in [0.15, 0.2) is 0 Å². The smallest absolute Gasteiger partial charge is 0.211 e. The molecule has 0 saturated carbocycles. The van der Waals surface area contributed by atoms with Crippen LogP contribution in [0, 0.1) is 0 Å².